The van der Waals surface area contributed by atoms with Crippen molar-refractivity contribution in [3.8, 4) is 5.75 Å². The second-order valence-corrected chi connectivity index (χ2v) is 5.68. The summed E-state index contributed by atoms with van der Waals surface area (Å²) in [5.41, 5.74) is 0.696. The average molecular weight is 372 g/mol. The normalized spacial score (nSPS) is 11.1. The number of amides is 1. The van der Waals surface area contributed by atoms with Crippen LogP contribution in [-0.4, -0.2) is 10.9 Å². The van der Waals surface area contributed by atoms with Crippen molar-refractivity contribution in [1.82, 2.24) is 4.98 Å². The molecule has 7 heteroatoms. The maximum Gasteiger partial charge on any atom is 0.416 e. The molecule has 0 aliphatic rings. The Labute approximate surface area is 153 Å². The summed E-state index contributed by atoms with van der Waals surface area (Å²) in [4.78, 5) is 16.4. The Morgan fingerprint density at radius 1 is 1.00 bits per heavy atom. The van der Waals surface area contributed by atoms with E-state index in [9.17, 15) is 18.0 Å². The van der Waals surface area contributed by atoms with E-state index in [1.165, 1.54) is 18.3 Å². The van der Waals surface area contributed by atoms with Gasteiger partial charge in [0.1, 0.15) is 12.4 Å². The van der Waals surface area contributed by atoms with Crippen LogP contribution in [0.2, 0.25) is 0 Å². The van der Waals surface area contributed by atoms with E-state index in [4.69, 9.17) is 4.74 Å². The summed E-state index contributed by atoms with van der Waals surface area (Å²) in [5, 5.41) is 2.71. The lowest BCUT2D eigenvalue weighted by molar-refractivity contribution is -0.137. The van der Waals surface area contributed by atoms with Crippen LogP contribution in [0.4, 0.5) is 18.9 Å². The highest BCUT2D eigenvalue weighted by Crippen LogP contribution is 2.29. The Morgan fingerprint density at radius 2 is 1.74 bits per heavy atom. The Kier molecular flexibility index (Phi) is 5.40. The molecule has 0 spiro atoms. The molecule has 0 fully saturated rings. The van der Waals surface area contributed by atoms with Crippen molar-refractivity contribution >= 4 is 11.6 Å². The molecule has 0 unspecified atom stereocenters. The first-order valence-corrected chi connectivity index (χ1v) is 8.03. The topological polar surface area (TPSA) is 51.2 Å². The minimum Gasteiger partial charge on any atom is -0.488 e. The number of carbonyl (C=O) groups excluding carboxylic acids is 1. The highest BCUT2D eigenvalue weighted by molar-refractivity contribution is 6.06. The van der Waals surface area contributed by atoms with E-state index in [0.717, 1.165) is 12.1 Å². The number of alkyl halides is 3. The number of hydrogen-bond acceptors (Lipinski definition) is 3. The van der Waals surface area contributed by atoms with Crippen LogP contribution in [0, 0.1) is 0 Å². The summed E-state index contributed by atoms with van der Waals surface area (Å²) in [6.45, 7) is 0.0370. The van der Waals surface area contributed by atoms with Crippen molar-refractivity contribution in [2.45, 2.75) is 12.8 Å². The van der Waals surface area contributed by atoms with Gasteiger partial charge in [-0.25, -0.2) is 0 Å². The van der Waals surface area contributed by atoms with Crippen LogP contribution in [0.3, 0.4) is 0 Å². The number of carbonyl (C=O) groups is 1. The number of benzene rings is 2. The molecule has 0 aliphatic heterocycles. The Hall–Kier alpha value is -3.35. The number of ether oxygens (including phenoxy) is 1. The molecule has 1 amide bonds. The molecule has 27 heavy (non-hydrogen) atoms. The maximum atomic E-state index is 12.6. The predicted octanol–water partition coefficient (Wildman–Crippen LogP) is 4.93. The fourth-order valence-electron chi connectivity index (χ4n) is 2.37. The number of anilines is 1. The van der Waals surface area contributed by atoms with Gasteiger partial charge in [0.25, 0.3) is 5.91 Å². The number of nitrogens with zero attached hydrogens (tertiary/aromatic N) is 1. The van der Waals surface area contributed by atoms with Crippen LogP contribution >= 0.6 is 0 Å². The van der Waals surface area contributed by atoms with Crippen LogP contribution in [0.5, 0.6) is 5.75 Å². The lowest BCUT2D eigenvalue weighted by Gasteiger charge is -2.12. The molecule has 0 bridgehead atoms. The standard InChI is InChI=1S/C20H15F3N2O2/c21-20(22,23)15-9-7-14(8-10-15)13-27-18-6-2-1-5-17(18)19(26)25-16-4-3-11-24-12-16/h1-12H,13H2,(H,25,26). The van der Waals surface area contributed by atoms with E-state index < -0.39 is 11.7 Å². The third-order valence-electron chi connectivity index (χ3n) is 3.73. The zero-order chi connectivity index (χ0) is 19.3. The Balaban J connectivity index is 1.70. The summed E-state index contributed by atoms with van der Waals surface area (Å²) < 4.78 is 43.5. The van der Waals surface area contributed by atoms with Gasteiger partial charge in [0.2, 0.25) is 0 Å². The number of rotatable bonds is 5. The zero-order valence-corrected chi connectivity index (χ0v) is 14.0. The van der Waals surface area contributed by atoms with E-state index in [-0.39, 0.29) is 12.5 Å². The third-order valence-corrected chi connectivity index (χ3v) is 3.73. The van der Waals surface area contributed by atoms with Crippen molar-refractivity contribution in [1.29, 1.82) is 0 Å². The minimum atomic E-state index is -4.38. The van der Waals surface area contributed by atoms with Crippen molar-refractivity contribution in [2.24, 2.45) is 0 Å². The number of pyridine rings is 1. The second kappa shape index (κ2) is 7.90. The molecule has 0 atom stereocenters. The first-order chi connectivity index (χ1) is 12.9. The molecule has 1 aromatic heterocycles. The summed E-state index contributed by atoms with van der Waals surface area (Å²) >= 11 is 0. The Bertz CT molecular complexity index is 911. The lowest BCUT2D eigenvalue weighted by Crippen LogP contribution is -2.13. The van der Waals surface area contributed by atoms with E-state index in [0.29, 0.717) is 22.6 Å². The van der Waals surface area contributed by atoms with Crippen LogP contribution in [0.25, 0.3) is 0 Å². The molecular weight excluding hydrogens is 357 g/mol. The van der Waals surface area contributed by atoms with Gasteiger partial charge in [-0.05, 0) is 42.0 Å². The fraction of sp³-hybridized carbons (Fsp3) is 0.100. The first-order valence-electron chi connectivity index (χ1n) is 8.03. The van der Waals surface area contributed by atoms with Crippen LogP contribution in [-0.2, 0) is 12.8 Å². The molecular formula is C20H15F3N2O2. The number of nitrogens with one attached hydrogen (secondary N) is 1. The molecule has 0 saturated heterocycles. The van der Waals surface area contributed by atoms with Crippen molar-refractivity contribution in [3.05, 3.63) is 89.7 Å². The van der Waals surface area contributed by atoms with Gasteiger partial charge in [-0.2, -0.15) is 13.2 Å². The van der Waals surface area contributed by atoms with Crippen LogP contribution in [0.1, 0.15) is 21.5 Å². The first kappa shape index (κ1) is 18.4. The van der Waals surface area contributed by atoms with Gasteiger partial charge in [-0.3, -0.25) is 9.78 Å². The van der Waals surface area contributed by atoms with Gasteiger partial charge in [-0.1, -0.05) is 24.3 Å². The third kappa shape index (κ3) is 4.84. The minimum absolute atomic E-state index is 0.0370. The average Bonchev–Trinajstić information content (AvgIpc) is 2.67. The van der Waals surface area contributed by atoms with Gasteiger partial charge in [0.05, 0.1) is 23.0 Å². The van der Waals surface area contributed by atoms with Crippen molar-refractivity contribution < 1.29 is 22.7 Å². The number of halogens is 3. The highest BCUT2D eigenvalue weighted by Gasteiger charge is 2.29. The van der Waals surface area contributed by atoms with E-state index in [2.05, 4.69) is 10.3 Å². The molecule has 1 N–H and O–H groups in total. The molecule has 138 valence electrons. The highest BCUT2D eigenvalue weighted by atomic mass is 19.4. The van der Waals surface area contributed by atoms with Gasteiger partial charge in [-0.15, -0.1) is 0 Å². The van der Waals surface area contributed by atoms with E-state index in [1.807, 2.05) is 0 Å². The maximum absolute atomic E-state index is 12.6. The van der Waals surface area contributed by atoms with E-state index in [1.54, 1.807) is 42.6 Å². The van der Waals surface area contributed by atoms with Crippen molar-refractivity contribution in [3.63, 3.8) is 0 Å². The molecule has 2 aromatic carbocycles. The molecule has 0 radical (unpaired) electrons. The monoisotopic (exact) mass is 372 g/mol. The van der Waals surface area contributed by atoms with E-state index >= 15 is 0 Å². The largest absolute Gasteiger partial charge is 0.488 e. The Morgan fingerprint density at radius 3 is 2.41 bits per heavy atom. The molecule has 1 heterocycles. The fourth-order valence-corrected chi connectivity index (χ4v) is 2.37. The van der Waals surface area contributed by atoms with Crippen molar-refractivity contribution in [2.75, 3.05) is 5.32 Å². The lowest BCUT2D eigenvalue weighted by atomic mass is 10.1. The molecule has 3 rings (SSSR count). The van der Waals surface area contributed by atoms with Crippen LogP contribution in [0.15, 0.2) is 73.1 Å². The molecule has 4 nitrogen and oxygen atoms in total. The number of hydrogen-bond donors (Lipinski definition) is 1. The van der Waals surface area contributed by atoms with Crippen LogP contribution < -0.4 is 10.1 Å². The predicted molar refractivity (Wildman–Crippen MR) is 94.4 cm³/mol. The van der Waals surface area contributed by atoms with Gasteiger partial charge in [0.15, 0.2) is 0 Å². The number of aromatic nitrogens is 1. The molecule has 0 saturated carbocycles. The summed E-state index contributed by atoms with van der Waals surface area (Å²) in [7, 11) is 0. The second-order valence-electron chi connectivity index (χ2n) is 5.68. The quantitative estimate of drug-likeness (QED) is 0.691. The van der Waals surface area contributed by atoms with Gasteiger partial charge in [0, 0.05) is 6.20 Å². The smallest absolute Gasteiger partial charge is 0.416 e. The summed E-state index contributed by atoms with van der Waals surface area (Å²) in [5.74, 6) is -0.0372. The molecule has 3 aromatic rings. The van der Waals surface area contributed by atoms with Gasteiger partial charge >= 0.3 is 6.18 Å². The van der Waals surface area contributed by atoms with Gasteiger partial charge < -0.3 is 10.1 Å². The number of para-hydroxylation sites is 1. The summed E-state index contributed by atoms with van der Waals surface area (Å²) in [6, 6.07) is 14.7. The molecule has 0 aliphatic carbocycles. The summed E-state index contributed by atoms with van der Waals surface area (Å²) in [6.07, 6.45) is -1.27. The SMILES string of the molecule is O=C(Nc1cccnc1)c1ccccc1OCc1ccc(C(F)(F)F)cc1. The zero-order valence-electron chi connectivity index (χ0n) is 14.0.